The van der Waals surface area contributed by atoms with Crippen molar-refractivity contribution in [2.24, 2.45) is 0 Å². The number of amides is 1. The molecule has 1 amide bonds. The Balaban J connectivity index is 1.69. The van der Waals surface area contributed by atoms with Crippen molar-refractivity contribution < 1.29 is 17.9 Å². The lowest BCUT2D eigenvalue weighted by Crippen LogP contribution is -2.17. The Labute approximate surface area is 177 Å². The zero-order valence-corrected chi connectivity index (χ0v) is 17.9. The minimum atomic E-state index is -3.54. The van der Waals surface area contributed by atoms with Gasteiger partial charge in [-0.3, -0.25) is 10.1 Å². The van der Waals surface area contributed by atoms with E-state index in [1.807, 2.05) is 0 Å². The number of anilines is 1. The van der Waals surface area contributed by atoms with E-state index in [4.69, 9.17) is 16.3 Å². The number of rotatable bonds is 8. The standard InChI is InChI=1S/C19H18ClN3O4S2/c1-2-11-29(25,26)16-6-4-3-5-15(16)18(24)21-19-23-22-17(28-19)12-27-14-9-7-13(20)8-10-14/h3-10H,2,11-12H2,1H3,(H,21,23,24). The van der Waals surface area contributed by atoms with E-state index in [0.717, 1.165) is 11.3 Å². The Hall–Kier alpha value is -2.49. The molecule has 0 aliphatic heterocycles. The summed E-state index contributed by atoms with van der Waals surface area (Å²) in [5, 5.41) is 11.9. The number of carbonyl (C=O) groups is 1. The number of ether oxygens (including phenoxy) is 1. The van der Waals surface area contributed by atoms with E-state index in [2.05, 4.69) is 15.5 Å². The second kappa shape index (κ2) is 9.34. The molecule has 0 atom stereocenters. The molecule has 0 saturated carbocycles. The first-order chi connectivity index (χ1) is 13.9. The van der Waals surface area contributed by atoms with Gasteiger partial charge >= 0.3 is 0 Å². The Bertz CT molecular complexity index is 1100. The van der Waals surface area contributed by atoms with Crippen molar-refractivity contribution in [1.29, 1.82) is 0 Å². The zero-order chi connectivity index (χ0) is 20.9. The van der Waals surface area contributed by atoms with E-state index in [9.17, 15) is 13.2 Å². The van der Waals surface area contributed by atoms with Gasteiger partial charge in [0.1, 0.15) is 12.4 Å². The van der Waals surface area contributed by atoms with Gasteiger partial charge in [-0.15, -0.1) is 10.2 Å². The molecule has 0 radical (unpaired) electrons. The predicted octanol–water partition coefficient (Wildman–Crippen LogP) is 4.21. The summed E-state index contributed by atoms with van der Waals surface area (Å²) in [5.74, 6) is 0.0503. The third-order valence-corrected chi connectivity index (χ3v) is 6.84. The molecule has 3 rings (SSSR count). The second-order valence-corrected chi connectivity index (χ2v) is 9.59. The summed E-state index contributed by atoms with van der Waals surface area (Å²) in [6.45, 7) is 1.95. The molecule has 1 aromatic heterocycles. The molecule has 0 spiro atoms. The lowest BCUT2D eigenvalue weighted by molar-refractivity contribution is 0.102. The van der Waals surface area contributed by atoms with Gasteiger partial charge in [0.2, 0.25) is 5.13 Å². The summed E-state index contributed by atoms with van der Waals surface area (Å²) in [4.78, 5) is 12.6. The number of carbonyl (C=O) groups excluding carboxylic acids is 1. The fraction of sp³-hybridized carbons (Fsp3) is 0.211. The van der Waals surface area contributed by atoms with Gasteiger partial charge in [-0.25, -0.2) is 8.42 Å². The summed E-state index contributed by atoms with van der Waals surface area (Å²) in [5.41, 5.74) is 0.0788. The maximum Gasteiger partial charge on any atom is 0.258 e. The lowest BCUT2D eigenvalue weighted by Gasteiger charge is -2.09. The smallest absolute Gasteiger partial charge is 0.258 e. The highest BCUT2D eigenvalue weighted by molar-refractivity contribution is 7.91. The molecule has 2 aromatic carbocycles. The minimum Gasteiger partial charge on any atom is -0.486 e. The van der Waals surface area contributed by atoms with Crippen LogP contribution in [0, 0.1) is 0 Å². The van der Waals surface area contributed by atoms with E-state index in [1.165, 1.54) is 12.1 Å². The van der Waals surface area contributed by atoms with Gasteiger partial charge in [0.05, 0.1) is 16.2 Å². The van der Waals surface area contributed by atoms with Crippen LogP contribution in [0.25, 0.3) is 0 Å². The fourth-order valence-corrected chi connectivity index (χ4v) is 4.82. The molecule has 10 heteroatoms. The van der Waals surface area contributed by atoms with E-state index >= 15 is 0 Å². The van der Waals surface area contributed by atoms with Gasteiger partial charge in [0, 0.05) is 5.02 Å². The third-order valence-electron chi connectivity index (χ3n) is 3.80. The van der Waals surface area contributed by atoms with Crippen LogP contribution < -0.4 is 10.1 Å². The van der Waals surface area contributed by atoms with Crippen LogP contribution in [-0.2, 0) is 16.4 Å². The van der Waals surface area contributed by atoms with Crippen molar-refractivity contribution in [2.45, 2.75) is 24.8 Å². The third kappa shape index (κ3) is 5.53. The van der Waals surface area contributed by atoms with E-state index in [1.54, 1.807) is 43.3 Å². The van der Waals surface area contributed by atoms with Crippen molar-refractivity contribution in [3.63, 3.8) is 0 Å². The van der Waals surface area contributed by atoms with Gasteiger partial charge < -0.3 is 4.74 Å². The van der Waals surface area contributed by atoms with Crippen LogP contribution in [0.5, 0.6) is 5.75 Å². The number of aromatic nitrogens is 2. The molecule has 3 aromatic rings. The van der Waals surface area contributed by atoms with Crippen LogP contribution in [0.3, 0.4) is 0 Å². The van der Waals surface area contributed by atoms with Crippen molar-refractivity contribution in [3.05, 3.63) is 64.1 Å². The molecule has 1 heterocycles. The van der Waals surface area contributed by atoms with Gasteiger partial charge in [-0.1, -0.05) is 42.0 Å². The number of halogens is 1. The number of benzene rings is 2. The molecular weight excluding hydrogens is 434 g/mol. The largest absolute Gasteiger partial charge is 0.486 e. The van der Waals surface area contributed by atoms with Crippen molar-refractivity contribution in [1.82, 2.24) is 10.2 Å². The van der Waals surface area contributed by atoms with Crippen LogP contribution in [0.1, 0.15) is 28.7 Å². The van der Waals surface area contributed by atoms with Crippen molar-refractivity contribution in [2.75, 3.05) is 11.1 Å². The molecule has 0 bridgehead atoms. The molecule has 1 N–H and O–H groups in total. The Morgan fingerprint density at radius 3 is 2.59 bits per heavy atom. The second-order valence-electron chi connectivity index (χ2n) is 6.01. The summed E-state index contributed by atoms with van der Waals surface area (Å²) in [7, 11) is -3.54. The molecule has 7 nitrogen and oxygen atoms in total. The van der Waals surface area contributed by atoms with Crippen LogP contribution in [0.4, 0.5) is 5.13 Å². The molecule has 152 valence electrons. The highest BCUT2D eigenvalue weighted by atomic mass is 35.5. The quantitative estimate of drug-likeness (QED) is 0.551. The molecule has 0 aliphatic rings. The molecule has 29 heavy (non-hydrogen) atoms. The summed E-state index contributed by atoms with van der Waals surface area (Å²) in [6.07, 6.45) is 0.464. The number of sulfone groups is 1. The topological polar surface area (TPSA) is 98.2 Å². The highest BCUT2D eigenvalue weighted by Gasteiger charge is 2.22. The number of nitrogens with one attached hydrogen (secondary N) is 1. The Morgan fingerprint density at radius 2 is 1.86 bits per heavy atom. The summed E-state index contributed by atoms with van der Waals surface area (Å²) >= 11 is 6.98. The van der Waals surface area contributed by atoms with Crippen LogP contribution >= 0.6 is 22.9 Å². The molecule has 0 unspecified atom stereocenters. The van der Waals surface area contributed by atoms with Gasteiger partial charge in [0.15, 0.2) is 14.8 Å². The monoisotopic (exact) mass is 451 g/mol. The van der Waals surface area contributed by atoms with Crippen molar-refractivity contribution >= 4 is 43.8 Å². The van der Waals surface area contributed by atoms with Crippen molar-refractivity contribution in [3.8, 4) is 5.75 Å². The van der Waals surface area contributed by atoms with Gasteiger partial charge in [0.25, 0.3) is 5.91 Å². The van der Waals surface area contributed by atoms with Crippen LogP contribution in [-0.4, -0.2) is 30.3 Å². The lowest BCUT2D eigenvalue weighted by atomic mass is 10.2. The Kier molecular flexibility index (Phi) is 6.83. The molecular formula is C19H18ClN3O4S2. The SMILES string of the molecule is CCCS(=O)(=O)c1ccccc1C(=O)Nc1nnc(COc2ccc(Cl)cc2)s1. The summed E-state index contributed by atoms with van der Waals surface area (Å²) < 4.78 is 30.4. The zero-order valence-electron chi connectivity index (χ0n) is 15.5. The molecule has 0 aliphatic carbocycles. The van der Waals surface area contributed by atoms with Gasteiger partial charge in [-0.2, -0.15) is 0 Å². The normalized spacial score (nSPS) is 11.2. The van der Waals surface area contributed by atoms with E-state index in [0.29, 0.717) is 22.2 Å². The van der Waals surface area contributed by atoms with Crippen LogP contribution in [0.2, 0.25) is 5.02 Å². The fourth-order valence-electron chi connectivity index (χ4n) is 2.51. The average molecular weight is 452 g/mol. The van der Waals surface area contributed by atoms with E-state index < -0.39 is 15.7 Å². The van der Waals surface area contributed by atoms with E-state index in [-0.39, 0.29) is 28.0 Å². The first-order valence-corrected chi connectivity index (χ1v) is 11.6. The van der Waals surface area contributed by atoms with Gasteiger partial charge in [-0.05, 0) is 42.8 Å². The number of hydrogen-bond donors (Lipinski definition) is 1. The first-order valence-electron chi connectivity index (χ1n) is 8.73. The Morgan fingerprint density at radius 1 is 1.14 bits per heavy atom. The predicted molar refractivity (Wildman–Crippen MR) is 112 cm³/mol. The maximum absolute atomic E-state index is 12.6. The summed E-state index contributed by atoms with van der Waals surface area (Å²) in [6, 6.07) is 13.0. The number of nitrogens with zero attached hydrogens (tertiary/aromatic N) is 2. The first kappa shape index (κ1) is 21.2. The molecule has 0 saturated heterocycles. The maximum atomic E-state index is 12.6. The average Bonchev–Trinajstić information content (AvgIpc) is 3.15. The number of hydrogen-bond acceptors (Lipinski definition) is 7. The highest BCUT2D eigenvalue weighted by Crippen LogP contribution is 2.22. The minimum absolute atomic E-state index is 0.00941. The molecule has 0 fully saturated rings. The van der Waals surface area contributed by atoms with Crippen LogP contribution in [0.15, 0.2) is 53.4 Å².